The number of benzene rings is 1. The first kappa shape index (κ1) is 16.3. The van der Waals surface area contributed by atoms with Gasteiger partial charge in [-0.25, -0.2) is 4.68 Å². The lowest BCUT2D eigenvalue weighted by Crippen LogP contribution is -2.31. The molecule has 0 fully saturated rings. The SMILES string of the molecule is Cc1cccc(O[C@H](C)C(=O)Nc2ccnn2Cc2cccs2)c1. The fraction of sp³-hybridized carbons (Fsp3) is 0.222. The summed E-state index contributed by atoms with van der Waals surface area (Å²) in [5, 5.41) is 9.17. The number of hydrogen-bond donors (Lipinski definition) is 1. The van der Waals surface area contributed by atoms with E-state index in [0.29, 0.717) is 18.1 Å². The Bertz CT molecular complexity index is 811. The van der Waals surface area contributed by atoms with Crippen LogP contribution < -0.4 is 10.1 Å². The molecule has 2 aromatic heterocycles. The molecule has 0 saturated carbocycles. The molecule has 0 aliphatic carbocycles. The summed E-state index contributed by atoms with van der Waals surface area (Å²) in [6, 6.07) is 13.5. The summed E-state index contributed by atoms with van der Waals surface area (Å²) in [4.78, 5) is 13.6. The molecule has 0 aliphatic heterocycles. The van der Waals surface area contributed by atoms with E-state index >= 15 is 0 Å². The number of nitrogens with one attached hydrogen (secondary N) is 1. The van der Waals surface area contributed by atoms with Gasteiger partial charge >= 0.3 is 0 Å². The summed E-state index contributed by atoms with van der Waals surface area (Å²) < 4.78 is 7.48. The van der Waals surface area contributed by atoms with E-state index in [1.807, 2.05) is 48.7 Å². The maximum Gasteiger partial charge on any atom is 0.266 e. The maximum atomic E-state index is 12.4. The third kappa shape index (κ3) is 4.02. The minimum atomic E-state index is -0.600. The lowest BCUT2D eigenvalue weighted by Gasteiger charge is -2.15. The second-order valence-electron chi connectivity index (χ2n) is 5.52. The highest BCUT2D eigenvalue weighted by Crippen LogP contribution is 2.17. The van der Waals surface area contributed by atoms with E-state index in [1.54, 1.807) is 35.2 Å². The first-order valence-electron chi connectivity index (χ1n) is 7.70. The van der Waals surface area contributed by atoms with Crippen LogP contribution in [0.25, 0.3) is 0 Å². The summed E-state index contributed by atoms with van der Waals surface area (Å²) in [7, 11) is 0. The van der Waals surface area contributed by atoms with Crippen LogP contribution in [0.2, 0.25) is 0 Å². The van der Waals surface area contributed by atoms with Crippen LogP contribution in [-0.2, 0) is 11.3 Å². The topological polar surface area (TPSA) is 56.1 Å². The zero-order chi connectivity index (χ0) is 16.9. The smallest absolute Gasteiger partial charge is 0.266 e. The molecule has 24 heavy (non-hydrogen) atoms. The molecular formula is C18H19N3O2S. The average Bonchev–Trinajstić information content (AvgIpc) is 3.20. The molecule has 3 rings (SSSR count). The van der Waals surface area contributed by atoms with E-state index in [1.165, 1.54) is 4.88 Å². The van der Waals surface area contributed by atoms with Crippen molar-refractivity contribution in [3.63, 3.8) is 0 Å². The molecule has 0 saturated heterocycles. The minimum absolute atomic E-state index is 0.204. The number of anilines is 1. The van der Waals surface area contributed by atoms with Crippen molar-refractivity contribution in [3.05, 3.63) is 64.5 Å². The van der Waals surface area contributed by atoms with Gasteiger partial charge in [0, 0.05) is 10.9 Å². The van der Waals surface area contributed by atoms with Crippen LogP contribution in [0, 0.1) is 6.92 Å². The van der Waals surface area contributed by atoms with Gasteiger partial charge < -0.3 is 10.1 Å². The second kappa shape index (κ2) is 7.31. The standard InChI is InChI=1S/C18H19N3O2S/c1-13-5-3-6-15(11-13)23-14(2)18(22)20-17-8-9-19-21(17)12-16-7-4-10-24-16/h3-11,14H,12H2,1-2H3,(H,20,22)/t14-/m1/s1. The van der Waals surface area contributed by atoms with Crippen molar-refractivity contribution in [3.8, 4) is 5.75 Å². The Kier molecular flexibility index (Phi) is 4.96. The third-order valence-electron chi connectivity index (χ3n) is 3.53. The first-order valence-corrected chi connectivity index (χ1v) is 8.58. The highest BCUT2D eigenvalue weighted by molar-refractivity contribution is 7.09. The van der Waals surface area contributed by atoms with Crippen molar-refractivity contribution in [2.75, 3.05) is 5.32 Å². The Morgan fingerprint density at radius 1 is 1.33 bits per heavy atom. The van der Waals surface area contributed by atoms with Crippen molar-refractivity contribution in [2.45, 2.75) is 26.5 Å². The molecule has 5 nitrogen and oxygen atoms in total. The highest BCUT2D eigenvalue weighted by atomic mass is 32.1. The van der Waals surface area contributed by atoms with Crippen LogP contribution in [-0.4, -0.2) is 21.8 Å². The van der Waals surface area contributed by atoms with E-state index in [-0.39, 0.29) is 5.91 Å². The Morgan fingerprint density at radius 3 is 2.96 bits per heavy atom. The van der Waals surface area contributed by atoms with Gasteiger partial charge in [-0.05, 0) is 43.0 Å². The van der Waals surface area contributed by atoms with E-state index in [9.17, 15) is 4.79 Å². The fourth-order valence-electron chi connectivity index (χ4n) is 2.29. The van der Waals surface area contributed by atoms with E-state index in [0.717, 1.165) is 5.56 Å². The number of ether oxygens (including phenoxy) is 1. The summed E-state index contributed by atoms with van der Waals surface area (Å²) in [5.74, 6) is 1.14. The van der Waals surface area contributed by atoms with Gasteiger partial charge in [0.05, 0.1) is 12.7 Å². The lowest BCUT2D eigenvalue weighted by molar-refractivity contribution is -0.122. The fourth-order valence-corrected chi connectivity index (χ4v) is 2.98. The van der Waals surface area contributed by atoms with Crippen LogP contribution in [0.4, 0.5) is 5.82 Å². The third-order valence-corrected chi connectivity index (χ3v) is 4.39. The summed E-state index contributed by atoms with van der Waals surface area (Å²) in [6.45, 7) is 4.35. The van der Waals surface area contributed by atoms with Gasteiger partial charge in [-0.3, -0.25) is 4.79 Å². The Morgan fingerprint density at radius 2 is 2.21 bits per heavy atom. The number of aromatic nitrogens is 2. The molecule has 3 aromatic rings. The number of carbonyl (C=O) groups excluding carboxylic acids is 1. The van der Waals surface area contributed by atoms with Crippen molar-refractivity contribution in [2.24, 2.45) is 0 Å². The summed E-state index contributed by atoms with van der Waals surface area (Å²) in [6.07, 6.45) is 1.08. The van der Waals surface area contributed by atoms with Crippen LogP contribution >= 0.6 is 11.3 Å². The Labute approximate surface area is 144 Å². The number of hydrogen-bond acceptors (Lipinski definition) is 4. The first-order chi connectivity index (χ1) is 11.6. The van der Waals surface area contributed by atoms with Crippen molar-refractivity contribution < 1.29 is 9.53 Å². The van der Waals surface area contributed by atoms with Crippen molar-refractivity contribution in [1.82, 2.24) is 9.78 Å². The molecule has 0 aliphatic rings. The van der Waals surface area contributed by atoms with E-state index in [2.05, 4.69) is 10.4 Å². The molecule has 1 atom stereocenters. The Balaban J connectivity index is 1.63. The molecule has 1 aromatic carbocycles. The molecule has 124 valence electrons. The van der Waals surface area contributed by atoms with Gasteiger partial charge in [0.1, 0.15) is 11.6 Å². The van der Waals surface area contributed by atoms with Gasteiger partial charge in [0.25, 0.3) is 5.91 Å². The molecule has 2 heterocycles. The molecular weight excluding hydrogens is 322 g/mol. The van der Waals surface area contributed by atoms with E-state index in [4.69, 9.17) is 4.74 Å². The second-order valence-corrected chi connectivity index (χ2v) is 6.55. The molecule has 1 N–H and O–H groups in total. The zero-order valence-electron chi connectivity index (χ0n) is 13.6. The summed E-state index contributed by atoms with van der Waals surface area (Å²) >= 11 is 1.66. The van der Waals surface area contributed by atoms with Gasteiger partial charge in [0.2, 0.25) is 0 Å². The molecule has 1 amide bonds. The van der Waals surface area contributed by atoms with Crippen LogP contribution in [0.15, 0.2) is 54.0 Å². The van der Waals surface area contributed by atoms with Gasteiger partial charge in [0.15, 0.2) is 6.10 Å². The van der Waals surface area contributed by atoms with Crippen LogP contribution in [0.5, 0.6) is 5.75 Å². The largest absolute Gasteiger partial charge is 0.481 e. The normalized spacial score (nSPS) is 11.9. The number of nitrogens with zero attached hydrogens (tertiary/aromatic N) is 2. The van der Waals surface area contributed by atoms with Crippen LogP contribution in [0.1, 0.15) is 17.4 Å². The Hall–Kier alpha value is -2.60. The van der Waals surface area contributed by atoms with Gasteiger partial charge in [-0.1, -0.05) is 18.2 Å². The summed E-state index contributed by atoms with van der Waals surface area (Å²) in [5.41, 5.74) is 1.09. The maximum absolute atomic E-state index is 12.4. The molecule has 0 radical (unpaired) electrons. The molecule has 0 unspecified atom stereocenters. The quantitative estimate of drug-likeness (QED) is 0.744. The number of carbonyl (C=O) groups is 1. The van der Waals surface area contributed by atoms with Gasteiger partial charge in [-0.15, -0.1) is 11.3 Å². The van der Waals surface area contributed by atoms with Crippen LogP contribution in [0.3, 0.4) is 0 Å². The molecule has 0 spiro atoms. The number of amides is 1. The number of thiophene rings is 1. The number of aryl methyl sites for hydroxylation is 1. The average molecular weight is 341 g/mol. The predicted molar refractivity (Wildman–Crippen MR) is 95.5 cm³/mol. The monoisotopic (exact) mass is 341 g/mol. The van der Waals surface area contributed by atoms with Crippen molar-refractivity contribution >= 4 is 23.1 Å². The lowest BCUT2D eigenvalue weighted by atomic mass is 10.2. The van der Waals surface area contributed by atoms with Gasteiger partial charge in [-0.2, -0.15) is 5.10 Å². The molecule has 0 bridgehead atoms. The number of rotatable bonds is 6. The minimum Gasteiger partial charge on any atom is -0.481 e. The highest BCUT2D eigenvalue weighted by Gasteiger charge is 2.17. The van der Waals surface area contributed by atoms with Crippen molar-refractivity contribution in [1.29, 1.82) is 0 Å². The van der Waals surface area contributed by atoms with E-state index < -0.39 is 6.10 Å². The predicted octanol–water partition coefficient (Wildman–Crippen LogP) is 3.71. The molecule has 6 heteroatoms. The zero-order valence-corrected chi connectivity index (χ0v) is 14.4.